The van der Waals surface area contributed by atoms with Crippen LogP contribution in [-0.2, 0) is 20.7 Å². The number of carbonyl (C=O) groups excluding carboxylic acids is 2. The molecule has 2 bridgehead atoms. The quantitative estimate of drug-likeness (QED) is 0.521. The third-order valence-corrected chi connectivity index (χ3v) is 5.84. The molecule has 2 heterocycles. The van der Waals surface area contributed by atoms with Gasteiger partial charge in [0.1, 0.15) is 0 Å². The maximum absolute atomic E-state index is 13.1. The molecule has 25 heavy (non-hydrogen) atoms. The van der Waals surface area contributed by atoms with Gasteiger partial charge in [-0.2, -0.15) is 0 Å². The van der Waals surface area contributed by atoms with E-state index in [1.165, 1.54) is 7.11 Å². The van der Waals surface area contributed by atoms with Gasteiger partial charge < -0.3 is 14.6 Å². The third kappa shape index (κ3) is 2.45. The van der Waals surface area contributed by atoms with Gasteiger partial charge in [0, 0.05) is 23.6 Å². The fraction of sp³-hybridized carbons (Fsp3) is 0.368. The maximum atomic E-state index is 13.1. The van der Waals surface area contributed by atoms with Crippen LogP contribution in [0, 0.1) is 5.92 Å². The molecule has 1 aliphatic heterocycles. The summed E-state index contributed by atoms with van der Waals surface area (Å²) in [6.07, 6.45) is 6.16. The van der Waals surface area contributed by atoms with Gasteiger partial charge in [0.05, 0.1) is 18.9 Å². The number of esters is 1. The number of methoxy groups -OCH3 is 1. The molecular formula is C19H19ClN2O3. The highest BCUT2D eigenvalue weighted by Gasteiger charge is 2.55. The molecule has 2 aromatic rings. The van der Waals surface area contributed by atoms with Crippen molar-refractivity contribution >= 4 is 34.4 Å². The first kappa shape index (κ1) is 16.2. The van der Waals surface area contributed by atoms with Crippen LogP contribution in [0.1, 0.15) is 12.0 Å². The monoisotopic (exact) mass is 358 g/mol. The normalized spacial score (nSPS) is 27.7. The van der Waals surface area contributed by atoms with E-state index in [9.17, 15) is 9.59 Å². The van der Waals surface area contributed by atoms with E-state index in [1.807, 2.05) is 36.5 Å². The number of benzene rings is 1. The molecule has 1 N–H and O–H groups in total. The molecule has 2 aliphatic rings. The lowest BCUT2D eigenvalue weighted by molar-refractivity contribution is -0.155. The van der Waals surface area contributed by atoms with Gasteiger partial charge >= 0.3 is 5.97 Å². The van der Waals surface area contributed by atoms with Crippen LogP contribution in [0.3, 0.4) is 0 Å². The number of aromatic nitrogens is 1. The molecule has 0 spiro atoms. The predicted octanol–water partition coefficient (Wildman–Crippen LogP) is 2.65. The number of fused-ring (bicyclic) bond motifs is 3. The van der Waals surface area contributed by atoms with Crippen LogP contribution in [0.5, 0.6) is 0 Å². The molecule has 3 atom stereocenters. The van der Waals surface area contributed by atoms with E-state index in [4.69, 9.17) is 16.3 Å². The lowest BCUT2D eigenvalue weighted by Gasteiger charge is -2.34. The van der Waals surface area contributed by atoms with Crippen molar-refractivity contribution < 1.29 is 14.3 Å². The number of H-pyrrole nitrogens is 1. The van der Waals surface area contributed by atoms with Crippen LogP contribution in [0.15, 0.2) is 42.6 Å². The lowest BCUT2D eigenvalue weighted by atomic mass is 9.85. The molecule has 0 radical (unpaired) electrons. The van der Waals surface area contributed by atoms with Crippen molar-refractivity contribution in [3.63, 3.8) is 0 Å². The van der Waals surface area contributed by atoms with E-state index in [0.717, 1.165) is 16.5 Å². The van der Waals surface area contributed by atoms with Crippen LogP contribution in [0.25, 0.3) is 10.9 Å². The highest BCUT2D eigenvalue weighted by atomic mass is 35.5. The summed E-state index contributed by atoms with van der Waals surface area (Å²) in [5, 5.41) is 0.861. The standard InChI is InChI=1S/C19H19ClN2O3/c1-25-18(24)19-7-6-15(20)13(9-19)11-22(19)17(23)8-12-10-21-16-5-3-2-4-14(12)16/h2-7,10,13,15,21H,8-9,11H2,1H3/t13-,15-,19+/m0/s1. The molecule has 1 aromatic carbocycles. The fourth-order valence-electron chi connectivity index (χ4n) is 4.05. The zero-order valence-corrected chi connectivity index (χ0v) is 14.6. The number of likely N-dealkylation sites (tertiary alicyclic amines) is 1. The Morgan fingerprint density at radius 3 is 3.00 bits per heavy atom. The number of allylic oxidation sites excluding steroid dienone is 1. The maximum Gasteiger partial charge on any atom is 0.335 e. The average Bonchev–Trinajstić information content (AvgIpc) is 3.18. The van der Waals surface area contributed by atoms with Gasteiger partial charge in [0.2, 0.25) is 5.91 Å². The number of para-hydroxylation sites is 1. The van der Waals surface area contributed by atoms with Gasteiger partial charge in [0.15, 0.2) is 5.54 Å². The number of nitrogens with zero attached hydrogens (tertiary/aromatic N) is 1. The van der Waals surface area contributed by atoms with Gasteiger partial charge in [-0.1, -0.05) is 30.4 Å². The minimum Gasteiger partial charge on any atom is -0.467 e. The van der Waals surface area contributed by atoms with E-state index in [0.29, 0.717) is 13.0 Å². The first-order valence-corrected chi connectivity index (χ1v) is 8.76. The fourth-order valence-corrected chi connectivity index (χ4v) is 4.29. The number of halogens is 1. The lowest BCUT2D eigenvalue weighted by Crippen LogP contribution is -2.52. The van der Waals surface area contributed by atoms with Crippen LogP contribution in [0.2, 0.25) is 0 Å². The Morgan fingerprint density at radius 1 is 1.40 bits per heavy atom. The molecule has 1 saturated heterocycles. The van der Waals surface area contributed by atoms with E-state index in [2.05, 4.69) is 4.98 Å². The van der Waals surface area contributed by atoms with E-state index < -0.39 is 11.5 Å². The summed E-state index contributed by atoms with van der Waals surface area (Å²) in [6, 6.07) is 7.86. The number of amides is 1. The van der Waals surface area contributed by atoms with Crippen molar-refractivity contribution in [3.05, 3.63) is 48.2 Å². The van der Waals surface area contributed by atoms with Crippen molar-refractivity contribution in [2.24, 2.45) is 5.92 Å². The van der Waals surface area contributed by atoms with Crippen molar-refractivity contribution in [1.82, 2.24) is 9.88 Å². The van der Waals surface area contributed by atoms with Gasteiger partial charge in [0.25, 0.3) is 0 Å². The van der Waals surface area contributed by atoms with Crippen molar-refractivity contribution in [2.45, 2.75) is 23.8 Å². The number of hydrogen-bond acceptors (Lipinski definition) is 3. The first-order chi connectivity index (χ1) is 12.0. The SMILES string of the molecule is COC(=O)[C@]12C=C[C@H](Cl)[C@H](CN1C(=O)Cc1c[nH]c3ccccc13)C2. The van der Waals surface area contributed by atoms with Gasteiger partial charge in [-0.05, 0) is 24.0 Å². The van der Waals surface area contributed by atoms with Crippen molar-refractivity contribution in [3.8, 4) is 0 Å². The Hall–Kier alpha value is -2.27. The highest BCUT2D eigenvalue weighted by molar-refractivity contribution is 6.22. The summed E-state index contributed by atoms with van der Waals surface area (Å²) in [6.45, 7) is 0.470. The molecule has 1 amide bonds. The van der Waals surface area contributed by atoms with Gasteiger partial charge in [-0.15, -0.1) is 11.6 Å². The second-order valence-electron chi connectivity index (χ2n) is 6.72. The predicted molar refractivity (Wildman–Crippen MR) is 95.4 cm³/mol. The van der Waals surface area contributed by atoms with E-state index >= 15 is 0 Å². The third-order valence-electron chi connectivity index (χ3n) is 5.33. The number of alkyl halides is 1. The van der Waals surface area contributed by atoms with E-state index in [1.54, 1.807) is 11.0 Å². The molecule has 1 fully saturated rings. The summed E-state index contributed by atoms with van der Waals surface area (Å²) in [7, 11) is 1.35. The Bertz CT molecular complexity index is 874. The van der Waals surface area contributed by atoms with Crippen LogP contribution in [-0.4, -0.2) is 46.3 Å². The average molecular weight is 359 g/mol. The number of carbonyl (C=O) groups is 2. The highest BCUT2D eigenvalue weighted by Crippen LogP contribution is 2.43. The molecule has 4 rings (SSSR count). The smallest absolute Gasteiger partial charge is 0.335 e. The number of aromatic amines is 1. The molecule has 5 nitrogen and oxygen atoms in total. The zero-order chi connectivity index (χ0) is 17.6. The Morgan fingerprint density at radius 2 is 2.20 bits per heavy atom. The van der Waals surface area contributed by atoms with Gasteiger partial charge in [-0.25, -0.2) is 4.79 Å². The Balaban J connectivity index is 1.65. The zero-order valence-electron chi connectivity index (χ0n) is 13.9. The second-order valence-corrected chi connectivity index (χ2v) is 7.23. The molecule has 6 heteroatoms. The summed E-state index contributed by atoms with van der Waals surface area (Å²) >= 11 is 6.33. The van der Waals surface area contributed by atoms with Crippen molar-refractivity contribution in [2.75, 3.05) is 13.7 Å². The van der Waals surface area contributed by atoms with Crippen LogP contribution in [0.4, 0.5) is 0 Å². The van der Waals surface area contributed by atoms with E-state index in [-0.39, 0.29) is 23.6 Å². The molecule has 0 unspecified atom stereocenters. The molecular weight excluding hydrogens is 340 g/mol. The number of ether oxygens (including phenoxy) is 1. The summed E-state index contributed by atoms with van der Waals surface area (Å²) < 4.78 is 5.00. The van der Waals surface area contributed by atoms with Crippen molar-refractivity contribution in [1.29, 1.82) is 0 Å². The number of hydrogen-bond donors (Lipinski definition) is 1. The molecule has 130 valence electrons. The molecule has 0 saturated carbocycles. The largest absolute Gasteiger partial charge is 0.467 e. The van der Waals surface area contributed by atoms with Crippen LogP contribution < -0.4 is 0 Å². The number of nitrogens with one attached hydrogen (secondary N) is 1. The summed E-state index contributed by atoms with van der Waals surface area (Å²) in [5.41, 5.74) is 0.899. The summed E-state index contributed by atoms with van der Waals surface area (Å²) in [5.74, 6) is -0.423. The molecule has 1 aliphatic carbocycles. The summed E-state index contributed by atoms with van der Waals surface area (Å²) in [4.78, 5) is 30.4. The Kier molecular flexibility index (Phi) is 3.84. The van der Waals surface area contributed by atoms with Crippen LogP contribution >= 0.6 is 11.6 Å². The first-order valence-electron chi connectivity index (χ1n) is 8.32. The number of rotatable bonds is 3. The topological polar surface area (TPSA) is 62.4 Å². The second kappa shape index (κ2) is 5.92. The van der Waals surface area contributed by atoms with Gasteiger partial charge in [-0.3, -0.25) is 4.79 Å². The Labute approximate surface area is 150 Å². The minimum atomic E-state index is -1.02. The minimum absolute atomic E-state index is 0.0673. The molecule has 1 aromatic heterocycles.